The lowest BCUT2D eigenvalue weighted by molar-refractivity contribution is 0.0696. The molecular formula is C10H8INO2. The molecule has 0 atom stereocenters. The van der Waals surface area contributed by atoms with Gasteiger partial charge in [-0.25, -0.2) is 4.79 Å². The molecule has 0 radical (unpaired) electrons. The Bertz CT molecular complexity index is 421. The van der Waals surface area contributed by atoms with Crippen molar-refractivity contribution in [2.45, 2.75) is 13.3 Å². The minimum atomic E-state index is -0.956. The van der Waals surface area contributed by atoms with E-state index in [0.29, 0.717) is 15.6 Å². The normalized spacial score (nSPS) is 9.50. The number of carbonyl (C=O) groups is 1. The van der Waals surface area contributed by atoms with E-state index in [-0.39, 0.29) is 5.56 Å². The van der Waals surface area contributed by atoms with Gasteiger partial charge in [-0.15, -0.1) is 0 Å². The van der Waals surface area contributed by atoms with Gasteiger partial charge in [0, 0.05) is 3.57 Å². The molecule has 1 aromatic carbocycles. The summed E-state index contributed by atoms with van der Waals surface area (Å²) in [5, 5.41) is 17.7. The van der Waals surface area contributed by atoms with Crippen molar-refractivity contribution in [3.05, 3.63) is 32.4 Å². The second-order valence-electron chi connectivity index (χ2n) is 2.76. The van der Waals surface area contributed by atoms with Gasteiger partial charge in [0.1, 0.15) is 6.07 Å². The summed E-state index contributed by atoms with van der Waals surface area (Å²) in [4.78, 5) is 10.7. The molecule has 0 aliphatic rings. The molecule has 1 aromatic rings. The van der Waals surface area contributed by atoms with Gasteiger partial charge < -0.3 is 5.11 Å². The monoisotopic (exact) mass is 301 g/mol. The highest BCUT2D eigenvalue weighted by molar-refractivity contribution is 14.1. The van der Waals surface area contributed by atoms with Gasteiger partial charge in [-0.05, 0) is 46.7 Å². The number of aromatic carboxylic acids is 1. The van der Waals surface area contributed by atoms with E-state index < -0.39 is 5.97 Å². The topological polar surface area (TPSA) is 61.1 Å². The van der Waals surface area contributed by atoms with Crippen LogP contribution >= 0.6 is 22.6 Å². The van der Waals surface area contributed by atoms with Gasteiger partial charge in [0.15, 0.2) is 0 Å². The van der Waals surface area contributed by atoms with E-state index in [0.717, 1.165) is 5.56 Å². The predicted molar refractivity (Wildman–Crippen MR) is 60.2 cm³/mol. The first-order chi connectivity index (χ1) is 6.60. The van der Waals surface area contributed by atoms with Crippen LogP contribution in [0.25, 0.3) is 0 Å². The molecule has 0 heterocycles. The van der Waals surface area contributed by atoms with Crippen LogP contribution in [-0.4, -0.2) is 11.1 Å². The molecule has 0 aromatic heterocycles. The summed E-state index contributed by atoms with van der Waals surface area (Å²) in [5.41, 5.74) is 1.61. The van der Waals surface area contributed by atoms with Crippen LogP contribution in [0, 0.1) is 14.9 Å². The number of carboxylic acids is 1. The SMILES string of the molecule is CCc1cc(C(=O)O)cc(I)c1C#N. The number of halogens is 1. The molecule has 0 bridgehead atoms. The van der Waals surface area contributed by atoms with E-state index in [1.807, 2.05) is 29.5 Å². The molecule has 0 fully saturated rings. The lowest BCUT2D eigenvalue weighted by Crippen LogP contribution is -2.01. The summed E-state index contributed by atoms with van der Waals surface area (Å²) < 4.78 is 0.696. The van der Waals surface area contributed by atoms with E-state index in [4.69, 9.17) is 10.4 Å². The Morgan fingerprint density at radius 2 is 2.29 bits per heavy atom. The van der Waals surface area contributed by atoms with Crippen molar-refractivity contribution in [3.63, 3.8) is 0 Å². The Kier molecular flexibility index (Phi) is 3.47. The Morgan fingerprint density at radius 1 is 1.64 bits per heavy atom. The van der Waals surface area contributed by atoms with E-state index in [1.165, 1.54) is 6.07 Å². The maximum absolute atomic E-state index is 10.7. The third-order valence-electron chi connectivity index (χ3n) is 1.91. The van der Waals surface area contributed by atoms with Crippen LogP contribution in [0.3, 0.4) is 0 Å². The van der Waals surface area contributed by atoms with Gasteiger partial charge in [0.2, 0.25) is 0 Å². The Labute approximate surface area is 95.5 Å². The Hall–Kier alpha value is -1.09. The quantitative estimate of drug-likeness (QED) is 0.853. The highest BCUT2D eigenvalue weighted by Gasteiger charge is 2.11. The van der Waals surface area contributed by atoms with Crippen molar-refractivity contribution in [2.24, 2.45) is 0 Å². The maximum Gasteiger partial charge on any atom is 0.335 e. The summed E-state index contributed by atoms with van der Waals surface area (Å²) in [5.74, 6) is -0.956. The fourth-order valence-electron chi connectivity index (χ4n) is 1.19. The largest absolute Gasteiger partial charge is 0.478 e. The lowest BCUT2D eigenvalue weighted by Gasteiger charge is -2.04. The summed E-state index contributed by atoms with van der Waals surface area (Å²) in [6, 6.07) is 5.15. The molecule has 3 nitrogen and oxygen atoms in total. The van der Waals surface area contributed by atoms with Crippen molar-refractivity contribution < 1.29 is 9.90 Å². The number of hydrogen-bond donors (Lipinski definition) is 1. The van der Waals surface area contributed by atoms with Crippen molar-refractivity contribution in [2.75, 3.05) is 0 Å². The van der Waals surface area contributed by atoms with Crippen molar-refractivity contribution in [1.29, 1.82) is 5.26 Å². The van der Waals surface area contributed by atoms with Gasteiger partial charge in [-0.1, -0.05) is 6.92 Å². The van der Waals surface area contributed by atoms with Crippen LogP contribution in [0.4, 0.5) is 0 Å². The highest BCUT2D eigenvalue weighted by Crippen LogP contribution is 2.19. The molecule has 0 aliphatic heterocycles. The fourth-order valence-corrected chi connectivity index (χ4v) is 1.99. The summed E-state index contributed by atoms with van der Waals surface area (Å²) >= 11 is 1.98. The molecule has 0 amide bonds. The summed E-state index contributed by atoms with van der Waals surface area (Å²) in [6.07, 6.45) is 0.667. The minimum Gasteiger partial charge on any atom is -0.478 e. The standard InChI is InChI=1S/C10H8INO2/c1-2-6-3-7(10(13)14)4-9(11)8(6)5-12/h3-4H,2H2,1H3,(H,13,14). The first-order valence-electron chi connectivity index (χ1n) is 4.06. The first kappa shape index (κ1) is 11.0. The van der Waals surface area contributed by atoms with E-state index in [2.05, 4.69) is 6.07 Å². The summed E-state index contributed by atoms with van der Waals surface area (Å²) in [6.45, 7) is 1.90. The molecular weight excluding hydrogens is 293 g/mol. The van der Waals surface area contributed by atoms with Gasteiger partial charge >= 0.3 is 5.97 Å². The molecule has 0 saturated heterocycles. The molecule has 1 rings (SSSR count). The van der Waals surface area contributed by atoms with Crippen molar-refractivity contribution >= 4 is 28.6 Å². The van der Waals surface area contributed by atoms with Gasteiger partial charge in [0.05, 0.1) is 11.1 Å². The van der Waals surface area contributed by atoms with Gasteiger partial charge in [-0.2, -0.15) is 5.26 Å². The molecule has 0 unspecified atom stereocenters. The Morgan fingerprint density at radius 3 is 2.71 bits per heavy atom. The minimum absolute atomic E-state index is 0.241. The first-order valence-corrected chi connectivity index (χ1v) is 5.13. The number of rotatable bonds is 2. The van der Waals surface area contributed by atoms with E-state index in [1.54, 1.807) is 6.07 Å². The van der Waals surface area contributed by atoms with Crippen LogP contribution in [0.1, 0.15) is 28.4 Å². The van der Waals surface area contributed by atoms with Crippen molar-refractivity contribution in [3.8, 4) is 6.07 Å². The number of aryl methyl sites for hydroxylation is 1. The number of nitriles is 1. The lowest BCUT2D eigenvalue weighted by atomic mass is 10.0. The van der Waals surface area contributed by atoms with Gasteiger partial charge in [-0.3, -0.25) is 0 Å². The van der Waals surface area contributed by atoms with E-state index >= 15 is 0 Å². The summed E-state index contributed by atoms with van der Waals surface area (Å²) in [7, 11) is 0. The maximum atomic E-state index is 10.7. The second-order valence-corrected chi connectivity index (χ2v) is 3.92. The predicted octanol–water partition coefficient (Wildman–Crippen LogP) is 2.42. The molecule has 1 N–H and O–H groups in total. The van der Waals surface area contributed by atoms with Crippen LogP contribution < -0.4 is 0 Å². The van der Waals surface area contributed by atoms with Crippen LogP contribution in [0.15, 0.2) is 12.1 Å². The molecule has 4 heteroatoms. The fraction of sp³-hybridized carbons (Fsp3) is 0.200. The van der Waals surface area contributed by atoms with Crippen LogP contribution in [-0.2, 0) is 6.42 Å². The number of nitrogens with zero attached hydrogens (tertiary/aromatic N) is 1. The smallest absolute Gasteiger partial charge is 0.335 e. The third kappa shape index (κ3) is 2.04. The zero-order valence-electron chi connectivity index (χ0n) is 7.54. The zero-order chi connectivity index (χ0) is 10.7. The molecule has 0 spiro atoms. The van der Waals surface area contributed by atoms with Gasteiger partial charge in [0.25, 0.3) is 0 Å². The molecule has 72 valence electrons. The molecule has 0 saturated carbocycles. The highest BCUT2D eigenvalue weighted by atomic mass is 127. The number of hydrogen-bond acceptors (Lipinski definition) is 2. The third-order valence-corrected chi connectivity index (χ3v) is 2.76. The van der Waals surface area contributed by atoms with Crippen molar-refractivity contribution in [1.82, 2.24) is 0 Å². The second kappa shape index (κ2) is 4.42. The molecule has 14 heavy (non-hydrogen) atoms. The van der Waals surface area contributed by atoms with Crippen LogP contribution in [0.2, 0.25) is 0 Å². The van der Waals surface area contributed by atoms with Crippen LogP contribution in [0.5, 0.6) is 0 Å². The Balaban J connectivity index is 3.40. The average Bonchev–Trinajstić information content (AvgIpc) is 2.16. The number of carboxylic acid groups (broad SMARTS) is 1. The van der Waals surface area contributed by atoms with E-state index in [9.17, 15) is 4.79 Å². The zero-order valence-corrected chi connectivity index (χ0v) is 9.70. The number of benzene rings is 1. The molecule has 0 aliphatic carbocycles. The average molecular weight is 301 g/mol.